The SMILES string of the molecule is C[C@H]1CC2C3CC[C@](O)([C@H](Cl)[Si](C)(C)OC#N)[C@@]3(C)C[C@@H]3O[C@]23[C@@]2(C)C=CC(=O)C=C12. The number of halogens is 1. The van der Waals surface area contributed by atoms with Crippen LogP contribution in [0.3, 0.4) is 0 Å². The number of rotatable bonds is 3. The molecule has 3 saturated carbocycles. The first-order valence-corrected chi connectivity index (χ1v) is 14.9. The first kappa shape index (κ1) is 21.7. The van der Waals surface area contributed by atoms with Gasteiger partial charge in [0.05, 0.1) is 16.7 Å². The molecule has 4 aliphatic carbocycles. The zero-order valence-electron chi connectivity index (χ0n) is 18.9. The third-order valence-corrected chi connectivity index (χ3v) is 14.1. The van der Waals surface area contributed by atoms with Gasteiger partial charge in [-0.3, -0.25) is 4.79 Å². The van der Waals surface area contributed by atoms with Crippen molar-refractivity contribution in [2.24, 2.45) is 28.6 Å². The Labute approximate surface area is 190 Å². The van der Waals surface area contributed by atoms with Gasteiger partial charge in [-0.15, -0.1) is 11.6 Å². The van der Waals surface area contributed by atoms with E-state index in [0.717, 1.165) is 19.3 Å². The number of nitrogens with zero attached hydrogens (tertiary/aromatic N) is 1. The molecule has 1 saturated heterocycles. The van der Waals surface area contributed by atoms with Gasteiger partial charge in [0, 0.05) is 10.8 Å². The monoisotopic (exact) mass is 461 g/mol. The van der Waals surface area contributed by atoms with Gasteiger partial charge in [0.2, 0.25) is 0 Å². The number of alkyl halides is 1. The van der Waals surface area contributed by atoms with Crippen molar-refractivity contribution in [3.05, 3.63) is 23.8 Å². The summed E-state index contributed by atoms with van der Waals surface area (Å²) in [5.41, 5.74) is -0.877. The smallest absolute Gasteiger partial charge is 0.282 e. The van der Waals surface area contributed by atoms with Crippen molar-refractivity contribution in [1.82, 2.24) is 0 Å². The lowest BCUT2D eigenvalue weighted by Crippen LogP contribution is -2.65. The van der Waals surface area contributed by atoms with Crippen molar-refractivity contribution >= 4 is 25.7 Å². The lowest BCUT2D eigenvalue weighted by atomic mass is 9.45. The average Bonchev–Trinajstić information content (AvgIpc) is 3.35. The molecule has 7 heteroatoms. The highest BCUT2D eigenvalue weighted by Crippen LogP contribution is 2.77. The highest BCUT2D eigenvalue weighted by atomic mass is 35.5. The Balaban J connectivity index is 1.55. The van der Waals surface area contributed by atoms with Crippen LogP contribution in [0.5, 0.6) is 0 Å². The molecule has 4 fully saturated rings. The van der Waals surface area contributed by atoms with Crippen LogP contribution >= 0.6 is 11.6 Å². The molecule has 1 heterocycles. The third-order valence-electron chi connectivity index (χ3n) is 9.81. The lowest BCUT2D eigenvalue weighted by Gasteiger charge is -2.58. The number of hydrogen-bond acceptors (Lipinski definition) is 5. The number of hydrogen-bond donors (Lipinski definition) is 1. The van der Waals surface area contributed by atoms with Crippen molar-refractivity contribution in [2.75, 3.05) is 0 Å². The molecule has 5 nitrogen and oxygen atoms in total. The molecule has 5 rings (SSSR count). The number of ketones is 1. The van der Waals surface area contributed by atoms with E-state index in [0.29, 0.717) is 12.3 Å². The van der Waals surface area contributed by atoms with Crippen molar-refractivity contribution in [2.45, 2.75) is 81.9 Å². The molecule has 1 N–H and O–H groups in total. The van der Waals surface area contributed by atoms with Crippen LogP contribution < -0.4 is 0 Å². The summed E-state index contributed by atoms with van der Waals surface area (Å²) in [6, 6.07) is 0. The summed E-state index contributed by atoms with van der Waals surface area (Å²) in [5.74, 6) is 0.925. The quantitative estimate of drug-likeness (QED) is 0.294. The van der Waals surface area contributed by atoms with E-state index >= 15 is 0 Å². The summed E-state index contributed by atoms with van der Waals surface area (Å²) in [5, 5.41) is 20.6. The molecule has 0 aromatic rings. The lowest BCUT2D eigenvalue weighted by molar-refractivity contribution is -0.112. The number of aliphatic hydroxyl groups is 1. The molecule has 1 aliphatic heterocycles. The fraction of sp³-hybridized carbons (Fsp3) is 0.750. The highest BCUT2D eigenvalue weighted by Gasteiger charge is 2.81. The molecule has 1 spiro atoms. The Morgan fingerprint density at radius 3 is 2.77 bits per heavy atom. The zero-order valence-corrected chi connectivity index (χ0v) is 20.7. The van der Waals surface area contributed by atoms with Gasteiger partial charge in [0.15, 0.2) is 5.78 Å². The second-order valence-corrected chi connectivity index (χ2v) is 16.3. The van der Waals surface area contributed by atoms with Gasteiger partial charge in [-0.2, -0.15) is 5.26 Å². The van der Waals surface area contributed by atoms with Crippen LogP contribution in [-0.2, 0) is 14.0 Å². The molecular formula is C24H32ClNO4Si. The number of epoxide rings is 1. The minimum Gasteiger partial charge on any atom is -0.481 e. The van der Waals surface area contributed by atoms with Gasteiger partial charge in [-0.05, 0) is 75.6 Å². The Hall–Kier alpha value is -1.13. The number of carbonyl (C=O) groups excluding carboxylic acids is 1. The van der Waals surface area contributed by atoms with Gasteiger partial charge in [0.1, 0.15) is 5.60 Å². The molecule has 0 bridgehead atoms. The van der Waals surface area contributed by atoms with E-state index < -0.39 is 24.3 Å². The highest BCUT2D eigenvalue weighted by molar-refractivity contribution is 6.80. The zero-order chi connectivity index (χ0) is 22.6. The molecule has 0 aromatic carbocycles. The second-order valence-electron chi connectivity index (χ2n) is 11.5. The Morgan fingerprint density at radius 1 is 1.39 bits per heavy atom. The normalized spacial score (nSPS) is 50.9. The fourth-order valence-electron chi connectivity index (χ4n) is 8.23. The van der Waals surface area contributed by atoms with Crippen LogP contribution in [0.15, 0.2) is 23.8 Å². The van der Waals surface area contributed by atoms with E-state index in [2.05, 4.69) is 26.8 Å². The van der Waals surface area contributed by atoms with Gasteiger partial charge < -0.3 is 14.3 Å². The van der Waals surface area contributed by atoms with Crippen molar-refractivity contribution < 1.29 is 19.1 Å². The predicted molar refractivity (Wildman–Crippen MR) is 119 cm³/mol. The van der Waals surface area contributed by atoms with E-state index in [1.54, 1.807) is 6.08 Å². The molecule has 0 amide bonds. The van der Waals surface area contributed by atoms with Crippen LogP contribution in [0.1, 0.15) is 46.5 Å². The predicted octanol–water partition coefficient (Wildman–Crippen LogP) is 4.25. The number of nitriles is 1. The molecular weight excluding hydrogens is 430 g/mol. The topological polar surface area (TPSA) is 82.8 Å². The molecule has 9 atom stereocenters. The van der Waals surface area contributed by atoms with Crippen molar-refractivity contribution in [1.29, 1.82) is 5.26 Å². The van der Waals surface area contributed by atoms with Crippen LogP contribution in [0.25, 0.3) is 0 Å². The molecule has 0 aromatic heterocycles. The third kappa shape index (κ3) is 2.42. The maximum atomic E-state index is 12.1. The number of carbonyl (C=O) groups is 1. The van der Waals surface area contributed by atoms with Crippen LogP contribution in [0.2, 0.25) is 13.1 Å². The number of fused-ring (bicyclic) bond motifs is 3. The first-order chi connectivity index (χ1) is 14.4. The van der Waals surface area contributed by atoms with E-state index in [4.69, 9.17) is 26.0 Å². The van der Waals surface area contributed by atoms with E-state index in [9.17, 15) is 9.90 Å². The van der Waals surface area contributed by atoms with Crippen LogP contribution in [0, 0.1) is 40.1 Å². The Bertz CT molecular complexity index is 958. The maximum Gasteiger partial charge on any atom is 0.282 e. The summed E-state index contributed by atoms with van der Waals surface area (Å²) in [6.07, 6.45) is 10.7. The molecule has 168 valence electrons. The molecule has 0 radical (unpaired) electrons. The van der Waals surface area contributed by atoms with Gasteiger partial charge in [0.25, 0.3) is 14.6 Å². The summed E-state index contributed by atoms with van der Waals surface area (Å²) >= 11 is 6.96. The summed E-state index contributed by atoms with van der Waals surface area (Å²) in [6.45, 7) is 10.5. The maximum absolute atomic E-state index is 12.1. The van der Waals surface area contributed by atoms with Crippen LogP contribution in [-0.4, -0.2) is 41.5 Å². The Morgan fingerprint density at radius 2 is 2.10 bits per heavy atom. The second kappa shape index (κ2) is 6.25. The summed E-state index contributed by atoms with van der Waals surface area (Å²) in [7, 11) is -2.63. The van der Waals surface area contributed by atoms with Gasteiger partial charge in [-0.1, -0.05) is 25.5 Å². The molecule has 31 heavy (non-hydrogen) atoms. The Kier molecular flexibility index (Phi) is 4.38. The number of allylic oxidation sites excluding steroid dienone is 2. The van der Waals surface area contributed by atoms with Gasteiger partial charge in [-0.25, -0.2) is 0 Å². The molecule has 2 unspecified atom stereocenters. The largest absolute Gasteiger partial charge is 0.481 e. The molecule has 5 aliphatic rings. The van der Waals surface area contributed by atoms with Gasteiger partial charge >= 0.3 is 0 Å². The number of ether oxygens (including phenoxy) is 1. The van der Waals surface area contributed by atoms with E-state index in [1.165, 1.54) is 5.57 Å². The minimum atomic E-state index is -2.63. The van der Waals surface area contributed by atoms with E-state index in [-0.39, 0.29) is 34.7 Å². The van der Waals surface area contributed by atoms with Crippen LogP contribution in [0.4, 0.5) is 0 Å². The fourth-order valence-corrected chi connectivity index (χ4v) is 10.7. The van der Waals surface area contributed by atoms with Crippen molar-refractivity contribution in [3.8, 4) is 6.26 Å². The summed E-state index contributed by atoms with van der Waals surface area (Å²) in [4.78, 5) is 12.1. The van der Waals surface area contributed by atoms with E-state index in [1.807, 2.05) is 25.4 Å². The van der Waals surface area contributed by atoms with Crippen molar-refractivity contribution in [3.63, 3.8) is 0 Å². The summed E-state index contributed by atoms with van der Waals surface area (Å²) < 4.78 is 12.0. The first-order valence-electron chi connectivity index (χ1n) is 11.4. The standard InChI is InChI=1S/C24H32ClNO4Si/c1-14-10-18-16-7-9-23(28,20(25)31(4,5)29-13-26)22(16,3)12-19-24(18,30-19)21(2)8-6-15(27)11-17(14)21/h6,8,11,14,16,18-20,28H,7,9-10,12H2,1-5H3/t14-,16?,18?,19-,20+,21-,22-,23-,24+/m0/s1. The average molecular weight is 462 g/mol. The minimum absolute atomic E-state index is 0.0349.